The van der Waals surface area contributed by atoms with Crippen LogP contribution in [0.15, 0.2) is 29.2 Å². The Morgan fingerprint density at radius 3 is 2.40 bits per heavy atom. The highest BCUT2D eigenvalue weighted by atomic mass is 35.5. The van der Waals surface area contributed by atoms with Gasteiger partial charge in [-0.25, -0.2) is 8.42 Å². The van der Waals surface area contributed by atoms with Gasteiger partial charge >= 0.3 is 0 Å². The van der Waals surface area contributed by atoms with Gasteiger partial charge in [0.25, 0.3) is 0 Å². The predicted molar refractivity (Wildman–Crippen MR) is 79.3 cm³/mol. The molecule has 1 aliphatic rings. The van der Waals surface area contributed by atoms with Gasteiger partial charge in [0.05, 0.1) is 5.02 Å². The third-order valence-electron chi connectivity index (χ3n) is 4.32. The van der Waals surface area contributed by atoms with Crippen molar-refractivity contribution < 1.29 is 13.5 Å². The standard InChI is InChI=1S/C14H20ClNO3S/c1-2-14(11-17)7-9-16(10-8-14)20(18,19)13-6-4-3-5-12(13)15/h3-6,17H,2,7-11H2,1H3. The fourth-order valence-electron chi connectivity index (χ4n) is 2.62. The lowest BCUT2D eigenvalue weighted by Gasteiger charge is -2.39. The Labute approximate surface area is 125 Å². The molecule has 0 unspecified atom stereocenters. The van der Waals surface area contributed by atoms with Crippen LogP contribution in [0.25, 0.3) is 0 Å². The molecule has 0 atom stereocenters. The molecule has 0 aliphatic carbocycles. The zero-order valence-corrected chi connectivity index (χ0v) is 13.1. The molecule has 1 aliphatic heterocycles. The van der Waals surface area contributed by atoms with Crippen LogP contribution in [0.1, 0.15) is 26.2 Å². The first-order valence-corrected chi connectivity index (χ1v) is 8.62. The van der Waals surface area contributed by atoms with Gasteiger partial charge in [-0.15, -0.1) is 0 Å². The molecule has 0 radical (unpaired) electrons. The van der Waals surface area contributed by atoms with Gasteiger partial charge in [0.2, 0.25) is 10.0 Å². The van der Waals surface area contributed by atoms with Crippen molar-refractivity contribution in [1.82, 2.24) is 4.31 Å². The van der Waals surface area contributed by atoms with Crippen LogP contribution in [-0.4, -0.2) is 37.5 Å². The summed E-state index contributed by atoms with van der Waals surface area (Å²) in [5.74, 6) is 0. The van der Waals surface area contributed by atoms with Crippen LogP contribution < -0.4 is 0 Å². The normalized spacial score (nSPS) is 19.9. The Morgan fingerprint density at radius 2 is 1.90 bits per heavy atom. The minimum atomic E-state index is -3.54. The van der Waals surface area contributed by atoms with Crippen molar-refractivity contribution in [2.24, 2.45) is 5.41 Å². The fraction of sp³-hybridized carbons (Fsp3) is 0.571. The summed E-state index contributed by atoms with van der Waals surface area (Å²) in [5, 5.41) is 9.75. The van der Waals surface area contributed by atoms with E-state index in [1.54, 1.807) is 18.2 Å². The van der Waals surface area contributed by atoms with Gasteiger partial charge in [-0.3, -0.25) is 0 Å². The van der Waals surface area contributed by atoms with E-state index in [9.17, 15) is 13.5 Å². The Hall–Kier alpha value is -0.620. The van der Waals surface area contributed by atoms with Gasteiger partial charge in [-0.05, 0) is 36.8 Å². The van der Waals surface area contributed by atoms with Crippen molar-refractivity contribution >= 4 is 21.6 Å². The highest BCUT2D eigenvalue weighted by Gasteiger charge is 2.37. The predicted octanol–water partition coefficient (Wildman–Crippen LogP) is 2.51. The maximum atomic E-state index is 12.6. The fourth-order valence-corrected chi connectivity index (χ4v) is 4.55. The molecule has 4 nitrogen and oxygen atoms in total. The second-order valence-corrected chi connectivity index (χ2v) is 7.66. The zero-order chi connectivity index (χ0) is 14.8. The van der Waals surface area contributed by atoms with Gasteiger partial charge in [0.15, 0.2) is 0 Å². The molecule has 0 aromatic heterocycles. The van der Waals surface area contributed by atoms with E-state index in [1.165, 1.54) is 10.4 Å². The third-order valence-corrected chi connectivity index (χ3v) is 6.72. The van der Waals surface area contributed by atoms with Crippen LogP contribution in [0.5, 0.6) is 0 Å². The molecule has 1 aromatic rings. The lowest BCUT2D eigenvalue weighted by atomic mass is 9.77. The maximum absolute atomic E-state index is 12.6. The van der Waals surface area contributed by atoms with E-state index in [2.05, 4.69) is 0 Å². The Balaban J connectivity index is 2.20. The van der Waals surface area contributed by atoms with E-state index in [0.29, 0.717) is 25.9 Å². The summed E-state index contributed by atoms with van der Waals surface area (Å²) in [6, 6.07) is 6.51. The molecule has 1 heterocycles. The summed E-state index contributed by atoms with van der Waals surface area (Å²) in [7, 11) is -3.54. The molecule has 0 amide bonds. The van der Waals surface area contributed by atoms with Crippen molar-refractivity contribution in [2.75, 3.05) is 19.7 Å². The van der Waals surface area contributed by atoms with Crippen molar-refractivity contribution in [2.45, 2.75) is 31.1 Å². The molecule has 2 rings (SSSR count). The number of halogens is 1. The number of hydrogen-bond donors (Lipinski definition) is 1. The van der Waals surface area contributed by atoms with Crippen molar-refractivity contribution in [3.8, 4) is 0 Å². The minimum absolute atomic E-state index is 0.115. The van der Waals surface area contributed by atoms with E-state index in [1.807, 2.05) is 6.92 Å². The maximum Gasteiger partial charge on any atom is 0.244 e. The summed E-state index contributed by atoms with van der Waals surface area (Å²) in [5.41, 5.74) is -0.132. The number of rotatable bonds is 4. The number of piperidine rings is 1. The quantitative estimate of drug-likeness (QED) is 0.928. The van der Waals surface area contributed by atoms with E-state index in [0.717, 1.165) is 6.42 Å². The van der Waals surface area contributed by atoms with Crippen LogP contribution in [0.2, 0.25) is 5.02 Å². The largest absolute Gasteiger partial charge is 0.396 e. The molecule has 1 saturated heterocycles. The van der Waals surface area contributed by atoms with Gasteiger partial charge in [0.1, 0.15) is 4.90 Å². The smallest absolute Gasteiger partial charge is 0.244 e. The van der Waals surface area contributed by atoms with Crippen LogP contribution >= 0.6 is 11.6 Å². The summed E-state index contributed by atoms with van der Waals surface area (Å²) >= 11 is 5.99. The minimum Gasteiger partial charge on any atom is -0.396 e. The van der Waals surface area contributed by atoms with Crippen LogP contribution in [0.3, 0.4) is 0 Å². The Bertz CT molecular complexity index is 560. The molecule has 0 saturated carbocycles. The van der Waals surface area contributed by atoms with Crippen molar-refractivity contribution in [3.05, 3.63) is 29.3 Å². The first kappa shape index (κ1) is 15.8. The van der Waals surface area contributed by atoms with Crippen LogP contribution in [-0.2, 0) is 10.0 Å². The third kappa shape index (κ3) is 2.86. The van der Waals surface area contributed by atoms with E-state index < -0.39 is 10.0 Å². The topological polar surface area (TPSA) is 57.6 Å². The number of sulfonamides is 1. The van der Waals surface area contributed by atoms with Crippen molar-refractivity contribution in [3.63, 3.8) is 0 Å². The zero-order valence-electron chi connectivity index (χ0n) is 11.5. The van der Waals surface area contributed by atoms with Gasteiger partial charge in [-0.1, -0.05) is 30.7 Å². The summed E-state index contributed by atoms with van der Waals surface area (Å²) in [6.07, 6.45) is 2.23. The average molecular weight is 318 g/mol. The molecular formula is C14H20ClNO3S. The lowest BCUT2D eigenvalue weighted by molar-refractivity contribution is 0.0647. The molecule has 0 bridgehead atoms. The van der Waals surface area contributed by atoms with Gasteiger partial charge in [0, 0.05) is 19.7 Å². The Kier molecular flexibility index (Phi) is 4.74. The molecule has 112 valence electrons. The number of benzene rings is 1. The summed E-state index contributed by atoms with van der Waals surface area (Å²) in [6.45, 7) is 3.02. The van der Waals surface area contributed by atoms with Crippen molar-refractivity contribution in [1.29, 1.82) is 0 Å². The molecule has 1 aromatic carbocycles. The monoisotopic (exact) mass is 317 g/mol. The second-order valence-electron chi connectivity index (χ2n) is 5.35. The molecular weight excluding hydrogens is 298 g/mol. The summed E-state index contributed by atoms with van der Waals surface area (Å²) < 4.78 is 26.6. The van der Waals surface area contributed by atoms with E-state index in [-0.39, 0.29) is 21.9 Å². The number of nitrogens with zero attached hydrogens (tertiary/aromatic N) is 1. The van der Waals surface area contributed by atoms with E-state index in [4.69, 9.17) is 11.6 Å². The van der Waals surface area contributed by atoms with Crippen LogP contribution in [0, 0.1) is 5.41 Å². The number of aliphatic hydroxyl groups excluding tert-OH is 1. The lowest BCUT2D eigenvalue weighted by Crippen LogP contribution is -2.44. The van der Waals surface area contributed by atoms with Gasteiger partial charge in [-0.2, -0.15) is 4.31 Å². The Morgan fingerprint density at radius 1 is 1.30 bits per heavy atom. The molecule has 1 N–H and O–H groups in total. The van der Waals surface area contributed by atoms with Crippen LogP contribution in [0.4, 0.5) is 0 Å². The molecule has 6 heteroatoms. The highest BCUT2D eigenvalue weighted by Crippen LogP contribution is 2.36. The number of hydrogen-bond acceptors (Lipinski definition) is 3. The summed E-state index contributed by atoms with van der Waals surface area (Å²) in [4.78, 5) is 0.162. The molecule has 20 heavy (non-hydrogen) atoms. The van der Waals surface area contributed by atoms with Gasteiger partial charge < -0.3 is 5.11 Å². The highest BCUT2D eigenvalue weighted by molar-refractivity contribution is 7.89. The number of aliphatic hydroxyl groups is 1. The molecule has 0 spiro atoms. The first-order chi connectivity index (χ1) is 9.45. The second kappa shape index (κ2) is 6.02. The molecule has 1 fully saturated rings. The average Bonchev–Trinajstić information content (AvgIpc) is 2.47. The first-order valence-electron chi connectivity index (χ1n) is 6.81. The SMILES string of the molecule is CCC1(CO)CCN(S(=O)(=O)c2ccccc2Cl)CC1. The van der Waals surface area contributed by atoms with E-state index >= 15 is 0 Å².